The smallest absolute Gasteiger partial charge is 0.255 e. The van der Waals surface area contributed by atoms with Gasteiger partial charge in [0.25, 0.3) is 5.91 Å². The minimum Gasteiger partial charge on any atom is -0.482 e. The van der Waals surface area contributed by atoms with Crippen LogP contribution in [0, 0.1) is 0 Å². The molecular weight excluding hydrogens is 365 g/mol. The molecule has 0 atom stereocenters. The first kappa shape index (κ1) is 20.0. The summed E-state index contributed by atoms with van der Waals surface area (Å²) >= 11 is 5.91. The van der Waals surface area contributed by atoms with Gasteiger partial charge in [-0.15, -0.1) is 12.4 Å². The fraction of sp³-hybridized carbons (Fsp3) is 0.462. The van der Waals surface area contributed by atoms with Crippen molar-refractivity contribution in [3.63, 3.8) is 0 Å². The average Bonchev–Trinajstić information content (AvgIpc) is 2.75. The maximum Gasteiger partial charge on any atom is 0.255 e. The normalized spacial score (nSPS) is 16.2. The van der Waals surface area contributed by atoms with Crippen LogP contribution in [0.3, 0.4) is 0 Å². The van der Waals surface area contributed by atoms with E-state index in [1.165, 1.54) is 22.5 Å². The molecule has 1 aromatic carbocycles. The van der Waals surface area contributed by atoms with Crippen molar-refractivity contribution >= 4 is 39.9 Å². The molecule has 0 radical (unpaired) electrons. The second-order valence-electron chi connectivity index (χ2n) is 4.85. The Morgan fingerprint density at radius 1 is 1.35 bits per heavy atom. The maximum atomic E-state index is 12.8. The minimum absolute atomic E-state index is 0. The lowest BCUT2D eigenvalue weighted by atomic mass is 10.3. The van der Waals surface area contributed by atoms with Crippen molar-refractivity contribution in [3.05, 3.63) is 23.2 Å². The molecule has 1 saturated heterocycles. The molecule has 1 aliphatic heterocycles. The topological polar surface area (TPSA) is 102 Å². The number of amides is 1. The van der Waals surface area contributed by atoms with Crippen LogP contribution in [-0.2, 0) is 14.8 Å². The molecule has 0 unspecified atom stereocenters. The first-order valence-electron chi connectivity index (χ1n) is 6.83. The van der Waals surface area contributed by atoms with Gasteiger partial charge in [0.1, 0.15) is 10.6 Å². The quantitative estimate of drug-likeness (QED) is 0.775. The summed E-state index contributed by atoms with van der Waals surface area (Å²) in [5, 5.41) is 3.42. The monoisotopic (exact) mass is 383 g/mol. The first-order valence-corrected chi connectivity index (χ1v) is 8.64. The van der Waals surface area contributed by atoms with Gasteiger partial charge in [-0.25, -0.2) is 8.42 Å². The predicted molar refractivity (Wildman–Crippen MR) is 89.6 cm³/mol. The number of sulfonamides is 1. The number of nitrogens with zero attached hydrogens (tertiary/aromatic N) is 1. The zero-order valence-electron chi connectivity index (χ0n) is 12.3. The number of carbonyl (C=O) groups is 1. The Morgan fingerprint density at radius 3 is 2.78 bits per heavy atom. The molecule has 1 aliphatic rings. The Morgan fingerprint density at radius 2 is 2.09 bits per heavy atom. The minimum atomic E-state index is -3.75. The largest absolute Gasteiger partial charge is 0.482 e. The molecule has 0 bridgehead atoms. The molecule has 23 heavy (non-hydrogen) atoms. The molecule has 1 heterocycles. The van der Waals surface area contributed by atoms with Gasteiger partial charge in [0.2, 0.25) is 10.0 Å². The lowest BCUT2D eigenvalue weighted by Crippen LogP contribution is -2.34. The molecule has 1 amide bonds. The maximum absolute atomic E-state index is 12.8. The summed E-state index contributed by atoms with van der Waals surface area (Å²) in [5.74, 6) is -0.613. The zero-order valence-corrected chi connectivity index (χ0v) is 14.7. The van der Waals surface area contributed by atoms with Crippen LogP contribution in [0.4, 0.5) is 0 Å². The van der Waals surface area contributed by atoms with Gasteiger partial charge in [0, 0.05) is 24.7 Å². The Labute approximate surface area is 146 Å². The highest BCUT2D eigenvalue weighted by Crippen LogP contribution is 2.30. The number of nitrogens with one attached hydrogen (secondary N) is 1. The fourth-order valence-electron chi connectivity index (χ4n) is 2.15. The highest BCUT2D eigenvalue weighted by molar-refractivity contribution is 7.89. The van der Waals surface area contributed by atoms with E-state index in [0.717, 1.165) is 13.0 Å². The van der Waals surface area contributed by atoms with E-state index in [0.29, 0.717) is 19.6 Å². The highest BCUT2D eigenvalue weighted by Gasteiger charge is 2.28. The average molecular weight is 384 g/mol. The predicted octanol–water partition coefficient (Wildman–Crippen LogP) is 0.610. The third-order valence-corrected chi connectivity index (χ3v) is 5.35. The molecule has 2 rings (SSSR count). The van der Waals surface area contributed by atoms with Gasteiger partial charge < -0.3 is 15.8 Å². The summed E-state index contributed by atoms with van der Waals surface area (Å²) in [7, 11) is -3.75. The van der Waals surface area contributed by atoms with Crippen molar-refractivity contribution < 1.29 is 17.9 Å². The lowest BCUT2D eigenvalue weighted by Gasteiger charge is -2.21. The van der Waals surface area contributed by atoms with Crippen LogP contribution < -0.4 is 15.8 Å². The van der Waals surface area contributed by atoms with Crippen LogP contribution in [0.1, 0.15) is 6.42 Å². The van der Waals surface area contributed by atoms with Gasteiger partial charge in [-0.2, -0.15) is 4.31 Å². The second kappa shape index (κ2) is 8.70. The van der Waals surface area contributed by atoms with E-state index in [4.69, 9.17) is 22.1 Å². The number of rotatable bonds is 5. The van der Waals surface area contributed by atoms with Crippen molar-refractivity contribution in [1.29, 1.82) is 0 Å². The number of primary amides is 1. The summed E-state index contributed by atoms with van der Waals surface area (Å²) in [6.45, 7) is 1.73. The summed E-state index contributed by atoms with van der Waals surface area (Å²) in [5.41, 5.74) is 5.03. The molecule has 10 heteroatoms. The van der Waals surface area contributed by atoms with E-state index in [-0.39, 0.29) is 28.1 Å². The van der Waals surface area contributed by atoms with Gasteiger partial charge in [-0.3, -0.25) is 4.79 Å². The van der Waals surface area contributed by atoms with Crippen LogP contribution >= 0.6 is 24.0 Å². The van der Waals surface area contributed by atoms with Gasteiger partial charge >= 0.3 is 0 Å². The standard InChI is InChI=1S/C13H18ClN3O4S.ClH/c14-10-2-3-11(21-9-13(15)18)12(8-10)22(19,20)17-6-1-4-16-5-7-17;/h2-3,8,16H,1,4-7,9H2,(H2,15,18);1H. The summed E-state index contributed by atoms with van der Waals surface area (Å²) in [4.78, 5) is 10.8. The highest BCUT2D eigenvalue weighted by atomic mass is 35.5. The number of halogens is 2. The Bertz CT molecular complexity index is 647. The summed E-state index contributed by atoms with van der Waals surface area (Å²) in [6.07, 6.45) is 0.720. The van der Waals surface area contributed by atoms with Gasteiger partial charge in [-0.05, 0) is 31.2 Å². The van der Waals surface area contributed by atoms with Crippen LogP contribution in [0.25, 0.3) is 0 Å². The third-order valence-electron chi connectivity index (χ3n) is 3.19. The second-order valence-corrected chi connectivity index (χ2v) is 7.20. The van der Waals surface area contributed by atoms with E-state index < -0.39 is 22.5 Å². The van der Waals surface area contributed by atoms with Gasteiger partial charge in [0.05, 0.1) is 0 Å². The van der Waals surface area contributed by atoms with E-state index >= 15 is 0 Å². The molecule has 0 aromatic heterocycles. The van der Waals surface area contributed by atoms with E-state index in [2.05, 4.69) is 5.32 Å². The molecule has 0 spiro atoms. The molecule has 1 aromatic rings. The first-order chi connectivity index (χ1) is 10.4. The molecule has 1 fully saturated rings. The van der Waals surface area contributed by atoms with Crippen LogP contribution in [0.2, 0.25) is 5.02 Å². The van der Waals surface area contributed by atoms with E-state index in [1.54, 1.807) is 0 Å². The van der Waals surface area contributed by atoms with Gasteiger partial charge in [0.15, 0.2) is 6.61 Å². The molecule has 7 nitrogen and oxygen atoms in total. The van der Waals surface area contributed by atoms with Crippen molar-refractivity contribution in [2.24, 2.45) is 5.73 Å². The van der Waals surface area contributed by atoms with E-state index in [1.807, 2.05) is 0 Å². The Balaban J connectivity index is 0.00000264. The number of carbonyl (C=O) groups excluding carboxylic acids is 1. The van der Waals surface area contributed by atoms with E-state index in [9.17, 15) is 13.2 Å². The van der Waals surface area contributed by atoms with Crippen LogP contribution in [0.15, 0.2) is 23.1 Å². The summed E-state index contributed by atoms with van der Waals surface area (Å²) in [6, 6.07) is 4.25. The van der Waals surface area contributed by atoms with Crippen molar-refractivity contribution in [1.82, 2.24) is 9.62 Å². The molecule has 0 saturated carbocycles. The molecule has 0 aliphatic carbocycles. The fourth-order valence-corrected chi connectivity index (χ4v) is 4.03. The number of nitrogens with two attached hydrogens (primary N) is 1. The third kappa shape index (κ3) is 5.22. The number of ether oxygens (including phenoxy) is 1. The number of hydrogen-bond donors (Lipinski definition) is 2. The number of benzene rings is 1. The lowest BCUT2D eigenvalue weighted by molar-refractivity contribution is -0.120. The van der Waals surface area contributed by atoms with Crippen LogP contribution in [-0.4, -0.2) is 51.4 Å². The zero-order chi connectivity index (χ0) is 16.2. The van der Waals surface area contributed by atoms with Crippen molar-refractivity contribution in [2.75, 3.05) is 32.8 Å². The van der Waals surface area contributed by atoms with Gasteiger partial charge in [-0.1, -0.05) is 11.6 Å². The van der Waals surface area contributed by atoms with Crippen LogP contribution in [0.5, 0.6) is 5.75 Å². The molecule has 130 valence electrons. The summed E-state index contributed by atoms with van der Waals surface area (Å²) < 4.78 is 32.2. The SMILES string of the molecule is Cl.NC(=O)COc1ccc(Cl)cc1S(=O)(=O)N1CCCNCC1. The van der Waals surface area contributed by atoms with Crippen molar-refractivity contribution in [3.8, 4) is 5.75 Å². The number of hydrogen-bond acceptors (Lipinski definition) is 5. The Hall–Kier alpha value is -1.06. The Kier molecular flexibility index (Phi) is 7.56. The molecular formula is C13H19Cl2N3O4S. The van der Waals surface area contributed by atoms with Crippen molar-refractivity contribution in [2.45, 2.75) is 11.3 Å². The molecule has 3 N–H and O–H groups in total.